The van der Waals surface area contributed by atoms with Gasteiger partial charge in [-0.3, -0.25) is 0 Å². The van der Waals surface area contributed by atoms with Gasteiger partial charge < -0.3 is 10.5 Å². The fourth-order valence-electron chi connectivity index (χ4n) is 1.33. The minimum Gasteiger partial charge on any atom is -0.377 e. The molecule has 1 unspecified atom stereocenters. The molecule has 4 heteroatoms. The molecule has 1 rings (SSSR count). The highest BCUT2D eigenvalue weighted by Crippen LogP contribution is 2.20. The third-order valence-electron chi connectivity index (χ3n) is 2.31. The lowest BCUT2D eigenvalue weighted by Crippen LogP contribution is -2.21. The number of rotatable bonds is 4. The van der Waals surface area contributed by atoms with Crippen molar-refractivity contribution in [1.29, 1.82) is 0 Å². The predicted molar refractivity (Wildman–Crippen MR) is 59.1 cm³/mol. The van der Waals surface area contributed by atoms with E-state index in [4.69, 9.17) is 10.5 Å². The van der Waals surface area contributed by atoms with Gasteiger partial charge >= 0.3 is 0 Å². The second-order valence-corrected chi connectivity index (χ2v) is 4.09. The molecule has 2 N–H and O–H groups in total. The number of halogens is 2. The summed E-state index contributed by atoms with van der Waals surface area (Å²) in [6.45, 7) is 5.41. The van der Waals surface area contributed by atoms with E-state index in [1.165, 1.54) is 19.1 Å². The van der Waals surface area contributed by atoms with Crippen LogP contribution in [-0.4, -0.2) is 12.7 Å². The van der Waals surface area contributed by atoms with Crippen LogP contribution in [0.2, 0.25) is 0 Å². The van der Waals surface area contributed by atoms with Crippen LogP contribution in [0.5, 0.6) is 0 Å². The highest BCUT2D eigenvalue weighted by molar-refractivity contribution is 5.27. The summed E-state index contributed by atoms with van der Waals surface area (Å²) in [7, 11) is 0. The number of benzene rings is 1. The van der Waals surface area contributed by atoms with Crippen molar-refractivity contribution in [3.05, 3.63) is 34.9 Å². The molecule has 0 aliphatic rings. The highest BCUT2D eigenvalue weighted by Gasteiger charge is 2.16. The maximum Gasteiger partial charge on any atom is 0.163 e. The van der Waals surface area contributed by atoms with E-state index in [1.54, 1.807) is 0 Å². The van der Waals surface area contributed by atoms with Crippen LogP contribution in [0.15, 0.2) is 12.1 Å². The van der Waals surface area contributed by atoms with Crippen molar-refractivity contribution >= 4 is 0 Å². The van der Waals surface area contributed by atoms with Crippen LogP contribution < -0.4 is 5.73 Å². The summed E-state index contributed by atoms with van der Waals surface area (Å²) in [4.78, 5) is 0. The molecule has 0 amide bonds. The summed E-state index contributed by atoms with van der Waals surface area (Å²) in [5, 5.41) is 0. The average Bonchev–Trinajstić information content (AvgIpc) is 2.23. The lowest BCUT2D eigenvalue weighted by molar-refractivity contribution is 0.0676. The van der Waals surface area contributed by atoms with Crippen molar-refractivity contribution < 1.29 is 13.5 Å². The Hall–Kier alpha value is -1.00. The Balaban J connectivity index is 2.84. The number of hydrogen-bond donors (Lipinski definition) is 1. The molecule has 1 aromatic carbocycles. The number of ether oxygens (including phenoxy) is 1. The molecular formula is C12H17F2NO. The summed E-state index contributed by atoms with van der Waals surface area (Å²) in [6.07, 6.45) is 0.0180. The van der Waals surface area contributed by atoms with Crippen molar-refractivity contribution in [3.8, 4) is 0 Å². The maximum absolute atomic E-state index is 13.5. The molecule has 1 aromatic rings. The van der Waals surface area contributed by atoms with Crippen LogP contribution in [0.1, 0.15) is 31.0 Å². The lowest BCUT2D eigenvalue weighted by atomic mass is 10.0. The first-order valence-electron chi connectivity index (χ1n) is 5.25. The van der Waals surface area contributed by atoms with E-state index in [0.29, 0.717) is 0 Å². The van der Waals surface area contributed by atoms with Crippen LogP contribution >= 0.6 is 0 Å². The van der Waals surface area contributed by atoms with Gasteiger partial charge in [-0.15, -0.1) is 0 Å². The molecule has 1 atom stereocenters. The van der Waals surface area contributed by atoms with E-state index in [9.17, 15) is 8.78 Å². The summed E-state index contributed by atoms with van der Waals surface area (Å²) >= 11 is 0. The molecular weight excluding hydrogens is 212 g/mol. The Morgan fingerprint density at radius 1 is 1.25 bits per heavy atom. The summed E-state index contributed by atoms with van der Waals surface area (Å²) in [6, 6.07) is 2.38. The van der Waals surface area contributed by atoms with Crippen LogP contribution in [0, 0.1) is 18.6 Å². The van der Waals surface area contributed by atoms with E-state index in [0.717, 1.165) is 0 Å². The molecule has 0 spiro atoms. The van der Waals surface area contributed by atoms with Crippen LogP contribution in [0.25, 0.3) is 0 Å². The Morgan fingerprint density at radius 3 is 2.44 bits per heavy atom. The summed E-state index contributed by atoms with van der Waals surface area (Å²) in [5.41, 5.74) is 6.16. The van der Waals surface area contributed by atoms with Gasteiger partial charge in [-0.25, -0.2) is 8.78 Å². The average molecular weight is 229 g/mol. The zero-order valence-corrected chi connectivity index (χ0v) is 9.76. The largest absolute Gasteiger partial charge is 0.377 e. The zero-order valence-electron chi connectivity index (χ0n) is 9.76. The van der Waals surface area contributed by atoms with Gasteiger partial charge in [0.05, 0.1) is 18.8 Å². The van der Waals surface area contributed by atoms with Crippen LogP contribution in [-0.2, 0) is 4.74 Å². The van der Waals surface area contributed by atoms with E-state index in [2.05, 4.69) is 0 Å². The molecule has 0 fully saturated rings. The van der Waals surface area contributed by atoms with Crippen LogP contribution in [0.4, 0.5) is 8.78 Å². The number of aryl methyl sites for hydroxylation is 1. The molecule has 2 nitrogen and oxygen atoms in total. The number of hydrogen-bond acceptors (Lipinski definition) is 2. The quantitative estimate of drug-likeness (QED) is 0.861. The third kappa shape index (κ3) is 3.00. The van der Waals surface area contributed by atoms with Crippen molar-refractivity contribution in [3.63, 3.8) is 0 Å². The Morgan fingerprint density at radius 2 is 1.88 bits per heavy atom. The predicted octanol–water partition coefficient (Wildman–Crippen LogP) is 2.70. The maximum atomic E-state index is 13.5. The van der Waals surface area contributed by atoms with Crippen molar-refractivity contribution in [2.45, 2.75) is 32.9 Å². The second kappa shape index (κ2) is 5.37. The molecule has 0 heterocycles. The molecule has 0 aliphatic carbocycles. The fourth-order valence-corrected chi connectivity index (χ4v) is 1.33. The first-order valence-corrected chi connectivity index (χ1v) is 5.25. The van der Waals surface area contributed by atoms with Crippen molar-refractivity contribution in [2.75, 3.05) is 6.61 Å². The smallest absolute Gasteiger partial charge is 0.163 e. The Labute approximate surface area is 94.4 Å². The molecule has 0 aromatic heterocycles. The highest BCUT2D eigenvalue weighted by atomic mass is 19.2. The van der Waals surface area contributed by atoms with E-state index in [1.807, 2.05) is 13.8 Å². The minimum atomic E-state index is -0.875. The van der Waals surface area contributed by atoms with Gasteiger partial charge in [0.2, 0.25) is 0 Å². The first-order chi connectivity index (χ1) is 7.43. The molecule has 0 radical (unpaired) electrons. The standard InChI is InChI=1S/C12H17F2NO/c1-7(2)16-6-10(15)9-5-4-8(3)11(13)12(9)14/h4-5,7,10H,6,15H2,1-3H3. The molecule has 0 saturated heterocycles. The van der Waals surface area contributed by atoms with Crippen molar-refractivity contribution in [1.82, 2.24) is 0 Å². The Bertz CT molecular complexity index is 366. The molecule has 0 aliphatic heterocycles. The monoisotopic (exact) mass is 229 g/mol. The molecule has 90 valence electrons. The van der Waals surface area contributed by atoms with Gasteiger partial charge in [-0.2, -0.15) is 0 Å². The van der Waals surface area contributed by atoms with Crippen molar-refractivity contribution in [2.24, 2.45) is 5.73 Å². The van der Waals surface area contributed by atoms with Gasteiger partial charge in [0, 0.05) is 5.56 Å². The van der Waals surface area contributed by atoms with E-state index >= 15 is 0 Å². The van der Waals surface area contributed by atoms with Gasteiger partial charge in [0.1, 0.15) is 0 Å². The Kier molecular flexibility index (Phi) is 4.38. The topological polar surface area (TPSA) is 35.2 Å². The van der Waals surface area contributed by atoms with Gasteiger partial charge in [-0.1, -0.05) is 12.1 Å². The van der Waals surface area contributed by atoms with Gasteiger partial charge in [0.15, 0.2) is 11.6 Å². The van der Waals surface area contributed by atoms with E-state index < -0.39 is 17.7 Å². The summed E-state index contributed by atoms with van der Waals surface area (Å²) < 4.78 is 32.1. The van der Waals surface area contributed by atoms with Gasteiger partial charge in [0.25, 0.3) is 0 Å². The molecule has 0 bridgehead atoms. The normalized spacial score (nSPS) is 13.2. The van der Waals surface area contributed by atoms with Crippen LogP contribution in [0.3, 0.4) is 0 Å². The second-order valence-electron chi connectivity index (χ2n) is 4.09. The summed E-state index contributed by atoms with van der Waals surface area (Å²) in [5.74, 6) is -1.71. The molecule has 0 saturated carbocycles. The fraction of sp³-hybridized carbons (Fsp3) is 0.500. The third-order valence-corrected chi connectivity index (χ3v) is 2.31. The number of nitrogens with two attached hydrogens (primary N) is 1. The zero-order chi connectivity index (χ0) is 12.3. The SMILES string of the molecule is Cc1ccc(C(N)COC(C)C)c(F)c1F. The minimum absolute atomic E-state index is 0.0180. The first kappa shape index (κ1) is 13.1. The van der Waals surface area contributed by atoms with Gasteiger partial charge in [-0.05, 0) is 26.3 Å². The van der Waals surface area contributed by atoms with E-state index in [-0.39, 0.29) is 23.8 Å². The molecule has 16 heavy (non-hydrogen) atoms. The lowest BCUT2D eigenvalue weighted by Gasteiger charge is -2.16.